The highest BCUT2D eigenvalue weighted by atomic mass is 16.8. The van der Waals surface area contributed by atoms with Crippen molar-refractivity contribution in [3.63, 3.8) is 0 Å². The summed E-state index contributed by atoms with van der Waals surface area (Å²) in [6, 6.07) is 16.5. The average Bonchev–Trinajstić information content (AvgIpc) is 2.62. The zero-order valence-electron chi connectivity index (χ0n) is 13.4. The van der Waals surface area contributed by atoms with Crippen molar-refractivity contribution >= 4 is 0 Å². The third-order valence-electron chi connectivity index (χ3n) is 4.33. The van der Waals surface area contributed by atoms with Crippen LogP contribution in [0.2, 0.25) is 0 Å². The van der Waals surface area contributed by atoms with E-state index < -0.39 is 17.7 Å². The van der Waals surface area contributed by atoms with E-state index in [9.17, 15) is 5.11 Å². The molecule has 0 spiro atoms. The molecule has 0 amide bonds. The molecule has 2 atom stereocenters. The minimum Gasteiger partial charge on any atom is -0.452 e. The Labute approximate surface area is 135 Å². The van der Waals surface area contributed by atoms with Crippen LogP contribution in [0, 0.1) is 0 Å². The van der Waals surface area contributed by atoms with Gasteiger partial charge in [-0.3, -0.25) is 0 Å². The van der Waals surface area contributed by atoms with E-state index in [0.717, 1.165) is 0 Å². The third-order valence-corrected chi connectivity index (χ3v) is 4.33. The highest BCUT2D eigenvalue weighted by Gasteiger charge is 2.65. The van der Waals surface area contributed by atoms with Gasteiger partial charge in [0.1, 0.15) is 11.9 Å². The topological polar surface area (TPSA) is 57.2 Å². The lowest BCUT2D eigenvalue weighted by atomic mass is 9.85. The molecule has 5 heteroatoms. The number of hydrogen-bond acceptors (Lipinski definition) is 5. The van der Waals surface area contributed by atoms with Gasteiger partial charge in [-0.2, -0.15) is 0 Å². The molecule has 1 aliphatic rings. The van der Waals surface area contributed by atoms with E-state index in [0.29, 0.717) is 16.9 Å². The van der Waals surface area contributed by atoms with Gasteiger partial charge in [0, 0.05) is 32.5 Å². The molecular formula is C18H20O5. The lowest BCUT2D eigenvalue weighted by Crippen LogP contribution is -2.64. The van der Waals surface area contributed by atoms with E-state index >= 15 is 0 Å². The lowest BCUT2D eigenvalue weighted by Gasteiger charge is -2.51. The molecule has 2 aromatic rings. The molecule has 1 aliphatic heterocycles. The molecule has 0 radical (unpaired) electrons. The fourth-order valence-electron chi connectivity index (χ4n) is 3.20. The van der Waals surface area contributed by atoms with Crippen LogP contribution in [0.1, 0.15) is 17.2 Å². The maximum absolute atomic E-state index is 11.0. The van der Waals surface area contributed by atoms with Crippen molar-refractivity contribution in [2.45, 2.75) is 17.7 Å². The molecule has 0 aromatic heterocycles. The number of fused-ring (bicyclic) bond motifs is 1. The monoisotopic (exact) mass is 316 g/mol. The number of para-hydroxylation sites is 1. The van der Waals surface area contributed by atoms with Crippen LogP contribution in [0.25, 0.3) is 0 Å². The van der Waals surface area contributed by atoms with Crippen molar-refractivity contribution < 1.29 is 24.1 Å². The Bertz CT molecular complexity index is 668. The summed E-state index contributed by atoms with van der Waals surface area (Å²) in [6.07, 6.45) is -1.09. The van der Waals surface area contributed by atoms with E-state index in [-0.39, 0.29) is 0 Å². The summed E-state index contributed by atoms with van der Waals surface area (Å²) < 4.78 is 23.2. The van der Waals surface area contributed by atoms with Crippen molar-refractivity contribution in [2.24, 2.45) is 0 Å². The maximum Gasteiger partial charge on any atom is 0.295 e. The van der Waals surface area contributed by atoms with Crippen molar-refractivity contribution in [1.82, 2.24) is 0 Å². The SMILES string of the molecule is COC1(c2ccccc2)Oc2ccccc2C(O)C1(OC)OC. The van der Waals surface area contributed by atoms with E-state index in [4.69, 9.17) is 18.9 Å². The summed E-state index contributed by atoms with van der Waals surface area (Å²) in [5.41, 5.74) is 1.26. The predicted molar refractivity (Wildman–Crippen MR) is 83.9 cm³/mol. The average molecular weight is 316 g/mol. The van der Waals surface area contributed by atoms with Gasteiger partial charge in [-0.25, -0.2) is 0 Å². The summed E-state index contributed by atoms with van der Waals surface area (Å²) in [7, 11) is 4.42. The molecule has 5 nitrogen and oxygen atoms in total. The molecule has 0 aliphatic carbocycles. The fraction of sp³-hybridized carbons (Fsp3) is 0.333. The number of rotatable bonds is 4. The highest BCUT2D eigenvalue weighted by molar-refractivity contribution is 5.42. The smallest absolute Gasteiger partial charge is 0.295 e. The molecule has 0 bridgehead atoms. The number of ether oxygens (including phenoxy) is 4. The van der Waals surface area contributed by atoms with Crippen LogP contribution in [0.15, 0.2) is 54.6 Å². The van der Waals surface area contributed by atoms with Crippen molar-refractivity contribution in [1.29, 1.82) is 0 Å². The van der Waals surface area contributed by atoms with Crippen molar-refractivity contribution in [3.8, 4) is 5.75 Å². The fourth-order valence-corrected chi connectivity index (χ4v) is 3.20. The Balaban J connectivity index is 2.28. The summed E-state index contributed by atoms with van der Waals surface area (Å²) in [6.45, 7) is 0. The van der Waals surface area contributed by atoms with Gasteiger partial charge >= 0.3 is 0 Å². The summed E-state index contributed by atoms with van der Waals surface area (Å²) in [4.78, 5) is 0. The van der Waals surface area contributed by atoms with E-state index in [1.165, 1.54) is 21.3 Å². The normalized spacial score (nSPS) is 25.5. The molecule has 2 aromatic carbocycles. The minimum absolute atomic E-state index is 0.524. The Morgan fingerprint density at radius 3 is 2.09 bits per heavy atom. The summed E-state index contributed by atoms with van der Waals surface area (Å²) in [5, 5.41) is 11.0. The zero-order chi connectivity index (χ0) is 16.5. The van der Waals surface area contributed by atoms with E-state index in [1.807, 2.05) is 42.5 Å². The van der Waals surface area contributed by atoms with Crippen LogP contribution >= 0.6 is 0 Å². The van der Waals surface area contributed by atoms with Crippen LogP contribution in [0.4, 0.5) is 0 Å². The summed E-state index contributed by atoms with van der Waals surface area (Å²) in [5.74, 6) is -2.49. The molecule has 1 N–H and O–H groups in total. The van der Waals surface area contributed by atoms with Gasteiger partial charge < -0.3 is 24.1 Å². The van der Waals surface area contributed by atoms with Gasteiger partial charge in [-0.1, -0.05) is 48.5 Å². The Morgan fingerprint density at radius 1 is 0.870 bits per heavy atom. The first-order chi connectivity index (χ1) is 11.1. The molecule has 3 rings (SSSR count). The molecule has 0 saturated carbocycles. The first-order valence-electron chi connectivity index (χ1n) is 7.32. The Morgan fingerprint density at radius 2 is 1.48 bits per heavy atom. The number of aliphatic hydroxyl groups excluding tert-OH is 1. The number of benzene rings is 2. The third kappa shape index (κ3) is 2.09. The standard InChI is InChI=1S/C18H20O5/c1-20-17(13-9-5-4-6-10-13)18(21-2,22-3)16(19)14-11-7-8-12-15(14)23-17/h4-12,16,19H,1-3H3. The molecule has 0 saturated heterocycles. The van der Waals surface area contributed by atoms with Crippen molar-refractivity contribution in [2.75, 3.05) is 21.3 Å². The molecule has 1 heterocycles. The van der Waals surface area contributed by atoms with E-state index in [1.54, 1.807) is 12.1 Å². The van der Waals surface area contributed by atoms with Crippen LogP contribution in [0.3, 0.4) is 0 Å². The van der Waals surface area contributed by atoms with Gasteiger partial charge in [-0.05, 0) is 6.07 Å². The first-order valence-corrected chi connectivity index (χ1v) is 7.32. The first kappa shape index (κ1) is 16.0. The Hall–Kier alpha value is -1.92. The number of hydrogen-bond donors (Lipinski definition) is 1. The van der Waals surface area contributed by atoms with Crippen molar-refractivity contribution in [3.05, 3.63) is 65.7 Å². The number of aliphatic hydroxyl groups is 1. The molecule has 23 heavy (non-hydrogen) atoms. The maximum atomic E-state index is 11.0. The highest BCUT2D eigenvalue weighted by Crippen LogP contribution is 2.53. The van der Waals surface area contributed by atoms with Crippen LogP contribution in [0.5, 0.6) is 5.75 Å². The second kappa shape index (κ2) is 5.94. The van der Waals surface area contributed by atoms with Crippen LogP contribution in [-0.4, -0.2) is 32.2 Å². The zero-order valence-corrected chi connectivity index (χ0v) is 13.4. The molecule has 122 valence electrons. The van der Waals surface area contributed by atoms with E-state index in [2.05, 4.69) is 0 Å². The van der Waals surface area contributed by atoms with Gasteiger partial charge in [0.2, 0.25) is 0 Å². The van der Waals surface area contributed by atoms with Gasteiger partial charge in [0.05, 0.1) is 0 Å². The lowest BCUT2D eigenvalue weighted by molar-refractivity contribution is -0.414. The summed E-state index contributed by atoms with van der Waals surface area (Å²) >= 11 is 0. The quantitative estimate of drug-likeness (QED) is 0.879. The van der Waals surface area contributed by atoms with Crippen LogP contribution < -0.4 is 4.74 Å². The van der Waals surface area contributed by atoms with Gasteiger partial charge in [0.15, 0.2) is 0 Å². The second-order valence-corrected chi connectivity index (χ2v) is 5.30. The predicted octanol–water partition coefficient (Wildman–Crippen LogP) is 2.60. The van der Waals surface area contributed by atoms with Gasteiger partial charge in [-0.15, -0.1) is 0 Å². The second-order valence-electron chi connectivity index (χ2n) is 5.30. The van der Waals surface area contributed by atoms with Gasteiger partial charge in [0.25, 0.3) is 11.6 Å². The number of methoxy groups -OCH3 is 3. The molecule has 2 unspecified atom stereocenters. The minimum atomic E-state index is -1.56. The molecule has 0 fully saturated rings. The Kier molecular flexibility index (Phi) is 4.12. The largest absolute Gasteiger partial charge is 0.452 e. The van der Waals surface area contributed by atoms with Crippen LogP contribution in [-0.2, 0) is 20.0 Å². The molecular weight excluding hydrogens is 296 g/mol.